The van der Waals surface area contributed by atoms with Crippen LogP contribution in [0.3, 0.4) is 0 Å². The minimum atomic E-state index is 0.0585. The highest BCUT2D eigenvalue weighted by molar-refractivity contribution is 5.93. The molecule has 24 heavy (non-hydrogen) atoms. The topological polar surface area (TPSA) is 48.7 Å². The van der Waals surface area contributed by atoms with Crippen LogP contribution in [0, 0.1) is 13.8 Å². The van der Waals surface area contributed by atoms with E-state index in [9.17, 15) is 4.79 Å². The SMILES string of the molecule is Cc1cccc(NC(=O)CN2CCN(Cc3ccco3)CC2)c1C. The summed E-state index contributed by atoms with van der Waals surface area (Å²) in [5.74, 6) is 1.05. The molecule has 1 aromatic carbocycles. The van der Waals surface area contributed by atoms with Crippen LogP contribution < -0.4 is 5.32 Å². The molecular formula is C19H25N3O2. The van der Waals surface area contributed by atoms with Gasteiger partial charge in [0.2, 0.25) is 5.91 Å². The monoisotopic (exact) mass is 327 g/mol. The van der Waals surface area contributed by atoms with Crippen molar-refractivity contribution >= 4 is 11.6 Å². The lowest BCUT2D eigenvalue weighted by atomic mass is 10.1. The van der Waals surface area contributed by atoms with Gasteiger partial charge in [0.25, 0.3) is 0 Å². The summed E-state index contributed by atoms with van der Waals surface area (Å²) in [5.41, 5.74) is 3.24. The van der Waals surface area contributed by atoms with Crippen molar-refractivity contribution in [1.82, 2.24) is 9.80 Å². The molecule has 5 heteroatoms. The highest BCUT2D eigenvalue weighted by Gasteiger charge is 2.19. The van der Waals surface area contributed by atoms with Crippen LogP contribution in [0.5, 0.6) is 0 Å². The van der Waals surface area contributed by atoms with E-state index >= 15 is 0 Å². The molecular weight excluding hydrogens is 302 g/mol. The number of carbonyl (C=O) groups is 1. The summed E-state index contributed by atoms with van der Waals surface area (Å²) in [5, 5.41) is 3.04. The predicted molar refractivity (Wildman–Crippen MR) is 95.0 cm³/mol. The molecule has 0 radical (unpaired) electrons. The number of rotatable bonds is 5. The Labute approximate surface area is 143 Å². The van der Waals surface area contributed by atoms with E-state index in [2.05, 4.69) is 28.1 Å². The molecule has 1 saturated heterocycles. The minimum Gasteiger partial charge on any atom is -0.468 e. The number of furan rings is 1. The van der Waals surface area contributed by atoms with Crippen LogP contribution in [0.25, 0.3) is 0 Å². The summed E-state index contributed by atoms with van der Waals surface area (Å²) in [6, 6.07) is 9.92. The summed E-state index contributed by atoms with van der Waals surface area (Å²) in [6.45, 7) is 9.11. The van der Waals surface area contributed by atoms with E-state index in [1.54, 1.807) is 6.26 Å². The van der Waals surface area contributed by atoms with Gasteiger partial charge in [0.05, 0.1) is 19.4 Å². The number of hydrogen-bond acceptors (Lipinski definition) is 4. The van der Waals surface area contributed by atoms with Crippen LogP contribution >= 0.6 is 0 Å². The maximum Gasteiger partial charge on any atom is 0.238 e. The Kier molecular flexibility index (Phi) is 5.33. The molecule has 1 amide bonds. The number of aryl methyl sites for hydroxylation is 1. The molecule has 1 N–H and O–H groups in total. The first-order valence-corrected chi connectivity index (χ1v) is 8.45. The van der Waals surface area contributed by atoms with Crippen molar-refractivity contribution in [3.05, 3.63) is 53.5 Å². The third kappa shape index (κ3) is 4.24. The molecule has 0 bridgehead atoms. The normalized spacial score (nSPS) is 16.2. The fourth-order valence-electron chi connectivity index (χ4n) is 3.01. The molecule has 1 aliphatic heterocycles. The zero-order chi connectivity index (χ0) is 16.9. The second-order valence-corrected chi connectivity index (χ2v) is 6.43. The quantitative estimate of drug-likeness (QED) is 0.917. The average Bonchev–Trinajstić information content (AvgIpc) is 3.07. The molecule has 3 rings (SSSR count). The number of carbonyl (C=O) groups excluding carboxylic acids is 1. The molecule has 1 fully saturated rings. The summed E-state index contributed by atoms with van der Waals surface area (Å²) in [6.07, 6.45) is 1.71. The van der Waals surface area contributed by atoms with Gasteiger partial charge in [-0.05, 0) is 43.2 Å². The third-order valence-corrected chi connectivity index (χ3v) is 4.67. The lowest BCUT2D eigenvalue weighted by molar-refractivity contribution is -0.117. The lowest BCUT2D eigenvalue weighted by Gasteiger charge is -2.33. The Bertz CT molecular complexity index is 674. The number of piperazine rings is 1. The maximum absolute atomic E-state index is 12.3. The molecule has 128 valence electrons. The number of hydrogen-bond donors (Lipinski definition) is 1. The van der Waals surface area contributed by atoms with E-state index in [4.69, 9.17) is 4.42 Å². The van der Waals surface area contributed by atoms with E-state index in [0.29, 0.717) is 6.54 Å². The van der Waals surface area contributed by atoms with E-state index in [1.807, 2.05) is 31.2 Å². The first kappa shape index (κ1) is 16.7. The van der Waals surface area contributed by atoms with E-state index in [-0.39, 0.29) is 5.91 Å². The number of anilines is 1. The average molecular weight is 327 g/mol. The first-order valence-electron chi connectivity index (χ1n) is 8.45. The van der Waals surface area contributed by atoms with Gasteiger partial charge in [-0.15, -0.1) is 0 Å². The fraction of sp³-hybridized carbons (Fsp3) is 0.421. The summed E-state index contributed by atoms with van der Waals surface area (Å²) in [4.78, 5) is 16.9. The van der Waals surface area contributed by atoms with E-state index in [0.717, 1.165) is 49.7 Å². The van der Waals surface area contributed by atoms with Crippen molar-refractivity contribution in [3.63, 3.8) is 0 Å². The highest BCUT2D eigenvalue weighted by Crippen LogP contribution is 2.18. The molecule has 0 spiro atoms. The predicted octanol–water partition coefficient (Wildman–Crippen LogP) is 2.65. The van der Waals surface area contributed by atoms with Crippen LogP contribution in [-0.2, 0) is 11.3 Å². The Hall–Kier alpha value is -2.11. The van der Waals surface area contributed by atoms with Crippen molar-refractivity contribution in [2.75, 3.05) is 38.0 Å². The van der Waals surface area contributed by atoms with Crippen LogP contribution in [0.4, 0.5) is 5.69 Å². The van der Waals surface area contributed by atoms with Gasteiger partial charge in [-0.3, -0.25) is 14.6 Å². The fourth-order valence-corrected chi connectivity index (χ4v) is 3.01. The van der Waals surface area contributed by atoms with Crippen molar-refractivity contribution < 1.29 is 9.21 Å². The Morgan fingerprint density at radius 2 is 1.83 bits per heavy atom. The van der Waals surface area contributed by atoms with E-state index < -0.39 is 0 Å². The molecule has 0 unspecified atom stereocenters. The number of amides is 1. The summed E-state index contributed by atoms with van der Waals surface area (Å²) in [7, 11) is 0. The van der Waals surface area contributed by atoms with Gasteiger partial charge in [-0.25, -0.2) is 0 Å². The summed E-state index contributed by atoms with van der Waals surface area (Å²) >= 11 is 0. The van der Waals surface area contributed by atoms with Crippen LogP contribution in [0.15, 0.2) is 41.0 Å². The maximum atomic E-state index is 12.3. The standard InChI is InChI=1S/C19H25N3O2/c1-15-5-3-7-18(16(15)2)20-19(23)14-22-10-8-21(9-11-22)13-17-6-4-12-24-17/h3-7,12H,8-11,13-14H2,1-2H3,(H,20,23). The number of benzene rings is 1. The van der Waals surface area contributed by atoms with Crippen molar-refractivity contribution in [2.24, 2.45) is 0 Å². The molecule has 1 aliphatic rings. The Morgan fingerprint density at radius 3 is 2.54 bits per heavy atom. The van der Waals surface area contributed by atoms with Gasteiger partial charge < -0.3 is 9.73 Å². The Morgan fingerprint density at radius 1 is 1.08 bits per heavy atom. The van der Waals surface area contributed by atoms with Gasteiger partial charge >= 0.3 is 0 Å². The van der Waals surface area contributed by atoms with Gasteiger partial charge in [-0.1, -0.05) is 12.1 Å². The first-order chi connectivity index (χ1) is 11.6. The molecule has 5 nitrogen and oxygen atoms in total. The van der Waals surface area contributed by atoms with Crippen LogP contribution in [0.1, 0.15) is 16.9 Å². The molecule has 2 aromatic rings. The zero-order valence-corrected chi connectivity index (χ0v) is 14.4. The second-order valence-electron chi connectivity index (χ2n) is 6.43. The van der Waals surface area contributed by atoms with Gasteiger partial charge in [0.15, 0.2) is 0 Å². The third-order valence-electron chi connectivity index (χ3n) is 4.67. The highest BCUT2D eigenvalue weighted by atomic mass is 16.3. The number of nitrogens with one attached hydrogen (secondary N) is 1. The van der Waals surface area contributed by atoms with Gasteiger partial charge in [0.1, 0.15) is 5.76 Å². The van der Waals surface area contributed by atoms with Crippen molar-refractivity contribution in [2.45, 2.75) is 20.4 Å². The summed E-state index contributed by atoms with van der Waals surface area (Å²) < 4.78 is 5.40. The van der Waals surface area contributed by atoms with Gasteiger partial charge in [0, 0.05) is 31.9 Å². The van der Waals surface area contributed by atoms with Crippen molar-refractivity contribution in [1.29, 1.82) is 0 Å². The minimum absolute atomic E-state index is 0.0585. The molecule has 0 aliphatic carbocycles. The van der Waals surface area contributed by atoms with Gasteiger partial charge in [-0.2, -0.15) is 0 Å². The molecule has 0 saturated carbocycles. The lowest BCUT2D eigenvalue weighted by Crippen LogP contribution is -2.48. The smallest absolute Gasteiger partial charge is 0.238 e. The van der Waals surface area contributed by atoms with E-state index in [1.165, 1.54) is 5.56 Å². The zero-order valence-electron chi connectivity index (χ0n) is 14.4. The molecule has 1 aromatic heterocycles. The van der Waals surface area contributed by atoms with Crippen LogP contribution in [-0.4, -0.2) is 48.4 Å². The Balaban J connectivity index is 1.45. The van der Waals surface area contributed by atoms with Crippen LogP contribution in [0.2, 0.25) is 0 Å². The molecule has 0 atom stereocenters. The molecule has 2 heterocycles. The van der Waals surface area contributed by atoms with Crippen molar-refractivity contribution in [3.8, 4) is 0 Å². The second kappa shape index (κ2) is 7.64. The number of nitrogens with zero attached hydrogens (tertiary/aromatic N) is 2. The largest absolute Gasteiger partial charge is 0.468 e.